The predicted molar refractivity (Wildman–Crippen MR) is 80.0 cm³/mol. The van der Waals surface area contributed by atoms with Crippen molar-refractivity contribution in [2.24, 2.45) is 5.41 Å². The Balaban J connectivity index is 1.93. The lowest BCUT2D eigenvalue weighted by Gasteiger charge is -2.40. The Bertz CT molecular complexity index is 371. The van der Waals surface area contributed by atoms with Crippen molar-refractivity contribution >= 4 is 23.8 Å². The Labute approximate surface area is 124 Å². The van der Waals surface area contributed by atoms with Gasteiger partial charge >= 0.3 is 12.0 Å². The van der Waals surface area contributed by atoms with E-state index in [-0.39, 0.29) is 12.1 Å². The van der Waals surface area contributed by atoms with Gasteiger partial charge in [0.1, 0.15) is 0 Å². The molecule has 0 aromatic carbocycles. The van der Waals surface area contributed by atoms with E-state index in [2.05, 4.69) is 5.32 Å². The van der Waals surface area contributed by atoms with Gasteiger partial charge in [-0.3, -0.25) is 4.79 Å². The first-order valence-corrected chi connectivity index (χ1v) is 8.59. The zero-order chi connectivity index (χ0) is 14.6. The number of carboxylic acids is 1. The summed E-state index contributed by atoms with van der Waals surface area (Å²) in [4.78, 5) is 25.5. The Morgan fingerprint density at radius 2 is 2.10 bits per heavy atom. The van der Waals surface area contributed by atoms with Gasteiger partial charge in [0, 0.05) is 19.1 Å². The first-order valence-electron chi connectivity index (χ1n) is 7.44. The van der Waals surface area contributed by atoms with Crippen LogP contribution in [0.5, 0.6) is 0 Å². The van der Waals surface area contributed by atoms with E-state index in [1.165, 1.54) is 0 Å². The van der Waals surface area contributed by atoms with Crippen LogP contribution in [0.3, 0.4) is 0 Å². The van der Waals surface area contributed by atoms with Crippen LogP contribution in [0, 0.1) is 5.41 Å². The molecular weight excluding hydrogens is 276 g/mol. The molecule has 2 rings (SSSR count). The molecule has 1 atom stereocenters. The van der Waals surface area contributed by atoms with Gasteiger partial charge in [-0.05, 0) is 43.6 Å². The minimum absolute atomic E-state index is 0.0827. The summed E-state index contributed by atoms with van der Waals surface area (Å²) in [6, 6.07) is 0.173. The zero-order valence-corrected chi connectivity index (χ0v) is 12.9. The number of hydrogen-bond acceptors (Lipinski definition) is 3. The van der Waals surface area contributed by atoms with E-state index >= 15 is 0 Å². The van der Waals surface area contributed by atoms with Crippen LogP contribution < -0.4 is 5.32 Å². The topological polar surface area (TPSA) is 69.6 Å². The molecule has 2 aliphatic rings. The lowest BCUT2D eigenvalue weighted by Crippen LogP contribution is -2.54. The number of hydrogen-bond donors (Lipinski definition) is 2. The van der Waals surface area contributed by atoms with Gasteiger partial charge in [0.25, 0.3) is 0 Å². The van der Waals surface area contributed by atoms with Crippen molar-refractivity contribution in [1.82, 2.24) is 10.2 Å². The number of amides is 2. The fourth-order valence-electron chi connectivity index (χ4n) is 3.03. The second kappa shape index (κ2) is 6.70. The van der Waals surface area contributed by atoms with Crippen LogP contribution in [0.15, 0.2) is 0 Å². The van der Waals surface area contributed by atoms with E-state index in [0.29, 0.717) is 25.9 Å². The van der Waals surface area contributed by atoms with Gasteiger partial charge in [0.05, 0.1) is 5.41 Å². The third-order valence-electron chi connectivity index (χ3n) is 4.54. The minimum atomic E-state index is -0.772. The molecule has 20 heavy (non-hydrogen) atoms. The lowest BCUT2D eigenvalue weighted by molar-refractivity contribution is -0.152. The van der Waals surface area contributed by atoms with E-state index in [1.54, 1.807) is 4.90 Å². The van der Waals surface area contributed by atoms with E-state index in [1.807, 2.05) is 18.7 Å². The van der Waals surface area contributed by atoms with Gasteiger partial charge < -0.3 is 15.3 Å². The standard InChI is InChI=1S/C14H24N2O3S/c1-2-14(12(17)18)6-3-7-16(10-14)13(19)15-11-4-8-20-9-5-11/h11H,2-10H2,1H3,(H,15,19)(H,17,18). The van der Waals surface area contributed by atoms with Gasteiger partial charge in [0.2, 0.25) is 0 Å². The second-order valence-electron chi connectivity index (χ2n) is 5.80. The molecule has 2 aliphatic heterocycles. The van der Waals surface area contributed by atoms with Crippen LogP contribution in [0.1, 0.15) is 39.0 Å². The maximum absolute atomic E-state index is 12.3. The van der Waals surface area contributed by atoms with E-state index < -0.39 is 11.4 Å². The summed E-state index contributed by atoms with van der Waals surface area (Å²) in [5.74, 6) is 1.42. The summed E-state index contributed by atoms with van der Waals surface area (Å²) in [6.45, 7) is 2.91. The highest BCUT2D eigenvalue weighted by Gasteiger charge is 2.42. The van der Waals surface area contributed by atoms with Crippen LogP contribution in [0.25, 0.3) is 0 Å². The number of carbonyl (C=O) groups is 2. The second-order valence-corrected chi connectivity index (χ2v) is 7.03. The third-order valence-corrected chi connectivity index (χ3v) is 5.59. The van der Waals surface area contributed by atoms with Gasteiger partial charge in [-0.2, -0.15) is 11.8 Å². The highest BCUT2D eigenvalue weighted by atomic mass is 32.2. The Morgan fingerprint density at radius 1 is 1.40 bits per heavy atom. The Kier molecular flexibility index (Phi) is 5.18. The number of carboxylic acid groups (broad SMARTS) is 1. The molecule has 6 heteroatoms. The van der Waals surface area contributed by atoms with Gasteiger partial charge in [-0.1, -0.05) is 6.92 Å². The number of piperidine rings is 1. The van der Waals surface area contributed by atoms with Crippen molar-refractivity contribution in [1.29, 1.82) is 0 Å². The molecule has 2 heterocycles. The average Bonchev–Trinajstić information content (AvgIpc) is 2.48. The van der Waals surface area contributed by atoms with Crippen LogP contribution in [-0.4, -0.2) is 52.6 Å². The highest BCUT2D eigenvalue weighted by Crippen LogP contribution is 2.33. The molecule has 0 aromatic heterocycles. The molecule has 0 radical (unpaired) electrons. The van der Waals surface area contributed by atoms with Gasteiger partial charge in [-0.15, -0.1) is 0 Å². The summed E-state index contributed by atoms with van der Waals surface area (Å²) < 4.78 is 0. The van der Waals surface area contributed by atoms with Crippen molar-refractivity contribution in [3.63, 3.8) is 0 Å². The van der Waals surface area contributed by atoms with Crippen molar-refractivity contribution in [2.75, 3.05) is 24.6 Å². The molecule has 0 aliphatic carbocycles. The molecular formula is C14H24N2O3S. The minimum Gasteiger partial charge on any atom is -0.481 e. The molecule has 2 amide bonds. The SMILES string of the molecule is CCC1(C(=O)O)CCCN(C(=O)NC2CCSCC2)C1. The fraction of sp³-hybridized carbons (Fsp3) is 0.857. The summed E-state index contributed by atoms with van der Waals surface area (Å²) >= 11 is 1.93. The normalized spacial score (nSPS) is 28.1. The summed E-state index contributed by atoms with van der Waals surface area (Å²) in [7, 11) is 0. The van der Waals surface area contributed by atoms with Gasteiger partial charge in [0.15, 0.2) is 0 Å². The molecule has 0 aromatic rings. The van der Waals surface area contributed by atoms with E-state index in [0.717, 1.165) is 30.8 Å². The van der Waals surface area contributed by atoms with E-state index in [9.17, 15) is 14.7 Å². The lowest BCUT2D eigenvalue weighted by atomic mass is 9.78. The summed E-state index contributed by atoms with van der Waals surface area (Å²) in [6.07, 6.45) is 4.05. The average molecular weight is 300 g/mol. The van der Waals surface area contributed by atoms with Crippen LogP contribution in [-0.2, 0) is 4.79 Å². The molecule has 2 N–H and O–H groups in total. The van der Waals surface area contributed by atoms with Crippen molar-refractivity contribution in [3.8, 4) is 0 Å². The maximum atomic E-state index is 12.3. The molecule has 2 fully saturated rings. The van der Waals surface area contributed by atoms with Crippen molar-refractivity contribution in [2.45, 2.75) is 45.1 Å². The maximum Gasteiger partial charge on any atom is 0.317 e. The van der Waals surface area contributed by atoms with E-state index in [4.69, 9.17) is 0 Å². The highest BCUT2D eigenvalue weighted by molar-refractivity contribution is 7.99. The number of rotatable bonds is 3. The molecule has 5 nitrogen and oxygen atoms in total. The quantitative estimate of drug-likeness (QED) is 0.838. The number of nitrogens with zero attached hydrogens (tertiary/aromatic N) is 1. The number of thioether (sulfide) groups is 1. The predicted octanol–water partition coefficient (Wildman–Crippen LogP) is 2.17. The van der Waals surface area contributed by atoms with Crippen molar-refractivity contribution < 1.29 is 14.7 Å². The summed E-state index contributed by atoms with van der Waals surface area (Å²) in [5.41, 5.74) is -0.752. The molecule has 114 valence electrons. The monoisotopic (exact) mass is 300 g/mol. The number of carbonyl (C=O) groups excluding carboxylic acids is 1. The number of aliphatic carboxylic acids is 1. The zero-order valence-electron chi connectivity index (χ0n) is 12.1. The fourth-order valence-corrected chi connectivity index (χ4v) is 4.13. The molecule has 1 unspecified atom stereocenters. The Morgan fingerprint density at radius 3 is 2.70 bits per heavy atom. The van der Waals surface area contributed by atoms with Crippen molar-refractivity contribution in [3.05, 3.63) is 0 Å². The summed E-state index contributed by atoms with van der Waals surface area (Å²) in [5, 5.41) is 12.5. The largest absolute Gasteiger partial charge is 0.481 e. The Hall–Kier alpha value is -0.910. The molecule has 2 saturated heterocycles. The molecule has 0 spiro atoms. The molecule has 0 saturated carbocycles. The van der Waals surface area contributed by atoms with Crippen LogP contribution in [0.2, 0.25) is 0 Å². The number of likely N-dealkylation sites (tertiary alicyclic amines) is 1. The van der Waals surface area contributed by atoms with Gasteiger partial charge in [-0.25, -0.2) is 4.79 Å². The first-order chi connectivity index (χ1) is 9.57. The number of nitrogens with one attached hydrogen (secondary N) is 1. The molecule has 0 bridgehead atoms. The van der Waals surface area contributed by atoms with Crippen LogP contribution in [0.4, 0.5) is 4.79 Å². The smallest absolute Gasteiger partial charge is 0.317 e. The third kappa shape index (κ3) is 3.40. The number of urea groups is 1. The van der Waals surface area contributed by atoms with Crippen LogP contribution >= 0.6 is 11.8 Å². The first kappa shape index (κ1) is 15.5.